The summed E-state index contributed by atoms with van der Waals surface area (Å²) in [5.74, 6) is 2.03. The number of thiophene rings is 1. The van der Waals surface area contributed by atoms with Crippen molar-refractivity contribution in [2.24, 2.45) is 4.99 Å². The number of rotatable bonds is 7. The van der Waals surface area contributed by atoms with Gasteiger partial charge in [-0.25, -0.2) is 0 Å². The zero-order chi connectivity index (χ0) is 15.6. The number of pyridine rings is 1. The minimum Gasteiger partial charge on any atom is -0.490 e. The van der Waals surface area contributed by atoms with Crippen molar-refractivity contribution in [1.29, 1.82) is 0 Å². The number of ether oxygens (including phenoxy) is 1. The Morgan fingerprint density at radius 1 is 1.36 bits per heavy atom. The predicted octanol–water partition coefficient (Wildman–Crippen LogP) is 2.49. The van der Waals surface area contributed by atoms with Crippen LogP contribution in [0.3, 0.4) is 0 Å². The second-order valence-electron chi connectivity index (χ2n) is 4.83. The molecule has 0 saturated carbocycles. The van der Waals surface area contributed by atoms with E-state index < -0.39 is 0 Å². The van der Waals surface area contributed by atoms with Crippen LogP contribution in [0.4, 0.5) is 0 Å². The maximum Gasteiger partial charge on any atom is 0.191 e. The lowest BCUT2D eigenvalue weighted by Gasteiger charge is -2.15. The molecule has 5 nitrogen and oxygen atoms in total. The number of hydrogen-bond acceptors (Lipinski definition) is 4. The Morgan fingerprint density at radius 2 is 2.27 bits per heavy atom. The zero-order valence-corrected chi connectivity index (χ0v) is 13.8. The maximum absolute atomic E-state index is 5.58. The lowest BCUT2D eigenvalue weighted by atomic mass is 10.1. The monoisotopic (exact) mass is 318 g/mol. The van der Waals surface area contributed by atoms with E-state index in [0.29, 0.717) is 19.1 Å². The molecule has 1 atom stereocenters. The molecule has 118 valence electrons. The van der Waals surface area contributed by atoms with Crippen LogP contribution in [0.25, 0.3) is 0 Å². The van der Waals surface area contributed by atoms with Crippen molar-refractivity contribution >= 4 is 17.3 Å². The van der Waals surface area contributed by atoms with Crippen LogP contribution in [0.2, 0.25) is 0 Å². The Balaban J connectivity index is 1.65. The van der Waals surface area contributed by atoms with Crippen LogP contribution in [0.1, 0.15) is 17.7 Å². The summed E-state index contributed by atoms with van der Waals surface area (Å²) in [6, 6.07) is 7.99. The summed E-state index contributed by atoms with van der Waals surface area (Å²) in [6.45, 7) is 4.30. The van der Waals surface area contributed by atoms with Gasteiger partial charge in [-0.1, -0.05) is 13.0 Å². The van der Waals surface area contributed by atoms with Gasteiger partial charge in [0.15, 0.2) is 5.96 Å². The zero-order valence-electron chi connectivity index (χ0n) is 13.0. The minimum atomic E-state index is 0.463. The molecule has 0 aliphatic heterocycles. The van der Waals surface area contributed by atoms with E-state index in [2.05, 4.69) is 45.0 Å². The van der Waals surface area contributed by atoms with E-state index in [0.717, 1.165) is 18.3 Å². The molecule has 2 N–H and O–H groups in total. The topological polar surface area (TPSA) is 58.5 Å². The molecule has 0 fully saturated rings. The van der Waals surface area contributed by atoms with Gasteiger partial charge in [0.25, 0.3) is 0 Å². The largest absolute Gasteiger partial charge is 0.490 e. The highest BCUT2D eigenvalue weighted by atomic mass is 32.1. The third kappa shape index (κ3) is 5.37. The molecule has 2 aromatic rings. The number of nitrogens with zero attached hydrogens (tertiary/aromatic N) is 2. The summed E-state index contributed by atoms with van der Waals surface area (Å²) in [5, 5.41) is 8.68. The van der Waals surface area contributed by atoms with Crippen LogP contribution < -0.4 is 15.4 Å². The number of aliphatic imine (C=N–C) groups is 1. The van der Waals surface area contributed by atoms with Crippen molar-refractivity contribution in [2.45, 2.75) is 12.8 Å². The summed E-state index contributed by atoms with van der Waals surface area (Å²) in [6.07, 6.45) is 3.43. The number of hydrogen-bond donors (Lipinski definition) is 2. The molecular weight excluding hydrogens is 296 g/mol. The van der Waals surface area contributed by atoms with E-state index in [4.69, 9.17) is 4.74 Å². The molecule has 2 heterocycles. The lowest BCUT2D eigenvalue weighted by Crippen LogP contribution is -2.40. The molecule has 0 aliphatic rings. The van der Waals surface area contributed by atoms with E-state index in [1.165, 1.54) is 4.88 Å². The highest BCUT2D eigenvalue weighted by molar-refractivity contribution is 7.10. The summed E-state index contributed by atoms with van der Waals surface area (Å²) < 4.78 is 5.58. The highest BCUT2D eigenvalue weighted by Crippen LogP contribution is 2.19. The van der Waals surface area contributed by atoms with Gasteiger partial charge in [0.1, 0.15) is 12.4 Å². The van der Waals surface area contributed by atoms with E-state index in [1.807, 2.05) is 12.1 Å². The van der Waals surface area contributed by atoms with Crippen LogP contribution in [0, 0.1) is 0 Å². The van der Waals surface area contributed by atoms with Crippen LogP contribution >= 0.6 is 11.3 Å². The molecular formula is C16H22N4OS. The van der Waals surface area contributed by atoms with Gasteiger partial charge < -0.3 is 15.4 Å². The Labute approximate surface area is 135 Å². The highest BCUT2D eigenvalue weighted by Gasteiger charge is 2.07. The molecule has 1 unspecified atom stereocenters. The van der Waals surface area contributed by atoms with Crippen LogP contribution in [-0.4, -0.2) is 37.7 Å². The van der Waals surface area contributed by atoms with Crippen LogP contribution in [-0.2, 0) is 0 Å². The Bertz CT molecular complexity index is 557. The third-order valence-electron chi connectivity index (χ3n) is 3.13. The predicted molar refractivity (Wildman–Crippen MR) is 91.8 cm³/mol. The van der Waals surface area contributed by atoms with Gasteiger partial charge >= 0.3 is 0 Å². The Kier molecular flexibility index (Phi) is 6.70. The summed E-state index contributed by atoms with van der Waals surface area (Å²) >= 11 is 1.78. The molecule has 6 heteroatoms. The summed E-state index contributed by atoms with van der Waals surface area (Å²) in [5.41, 5.74) is 0. The normalized spacial score (nSPS) is 12.7. The van der Waals surface area contributed by atoms with Crippen molar-refractivity contribution in [3.8, 4) is 5.75 Å². The number of nitrogens with one attached hydrogen (secondary N) is 2. The average molecular weight is 318 g/mol. The molecule has 0 aromatic carbocycles. The number of guanidine groups is 1. The summed E-state index contributed by atoms with van der Waals surface area (Å²) in [4.78, 5) is 9.60. The minimum absolute atomic E-state index is 0.463. The van der Waals surface area contributed by atoms with Crippen LogP contribution in [0.5, 0.6) is 5.75 Å². The van der Waals surface area contributed by atoms with Crippen LogP contribution in [0.15, 0.2) is 47.0 Å². The molecule has 0 spiro atoms. The number of aromatic nitrogens is 1. The second kappa shape index (κ2) is 9.04. The quantitative estimate of drug-likeness (QED) is 0.468. The SMILES string of the molecule is CN=C(NCCOc1cccnc1)NCC(C)c1cccs1. The van der Waals surface area contributed by atoms with Crippen molar-refractivity contribution < 1.29 is 4.74 Å². The molecule has 0 amide bonds. The maximum atomic E-state index is 5.58. The van der Waals surface area contributed by atoms with Gasteiger partial charge in [0.2, 0.25) is 0 Å². The fourth-order valence-electron chi connectivity index (χ4n) is 1.91. The fourth-order valence-corrected chi connectivity index (χ4v) is 2.70. The van der Waals surface area contributed by atoms with E-state index in [-0.39, 0.29) is 0 Å². The van der Waals surface area contributed by atoms with Crippen molar-refractivity contribution in [3.63, 3.8) is 0 Å². The van der Waals surface area contributed by atoms with E-state index in [1.54, 1.807) is 30.8 Å². The molecule has 0 bridgehead atoms. The third-order valence-corrected chi connectivity index (χ3v) is 4.23. The first-order chi connectivity index (χ1) is 10.8. The Morgan fingerprint density at radius 3 is 2.95 bits per heavy atom. The van der Waals surface area contributed by atoms with Crippen molar-refractivity contribution in [2.75, 3.05) is 26.7 Å². The molecule has 0 saturated heterocycles. The van der Waals surface area contributed by atoms with E-state index >= 15 is 0 Å². The average Bonchev–Trinajstić information content (AvgIpc) is 3.09. The molecule has 0 radical (unpaired) electrons. The summed E-state index contributed by atoms with van der Waals surface area (Å²) in [7, 11) is 1.77. The molecule has 0 aliphatic carbocycles. The smallest absolute Gasteiger partial charge is 0.191 e. The second-order valence-corrected chi connectivity index (χ2v) is 5.81. The first-order valence-corrected chi connectivity index (χ1v) is 8.18. The molecule has 2 aromatic heterocycles. The Hall–Kier alpha value is -2.08. The molecule has 2 rings (SSSR count). The molecule has 22 heavy (non-hydrogen) atoms. The van der Waals surface area contributed by atoms with E-state index in [9.17, 15) is 0 Å². The van der Waals surface area contributed by atoms with Gasteiger partial charge in [-0.2, -0.15) is 0 Å². The van der Waals surface area contributed by atoms with Gasteiger partial charge in [0.05, 0.1) is 12.7 Å². The first kappa shape index (κ1) is 16.3. The standard InChI is InChI=1S/C16H22N4OS/c1-13(15-6-4-10-22-15)11-20-16(17-2)19-8-9-21-14-5-3-7-18-12-14/h3-7,10,12-13H,8-9,11H2,1-2H3,(H2,17,19,20). The van der Waals surface area contributed by atoms with Gasteiger partial charge in [-0.15, -0.1) is 11.3 Å². The van der Waals surface area contributed by atoms with Gasteiger partial charge in [0, 0.05) is 30.6 Å². The fraction of sp³-hybridized carbons (Fsp3) is 0.375. The lowest BCUT2D eigenvalue weighted by molar-refractivity contribution is 0.320. The first-order valence-electron chi connectivity index (χ1n) is 7.30. The van der Waals surface area contributed by atoms with Gasteiger partial charge in [-0.3, -0.25) is 9.98 Å². The van der Waals surface area contributed by atoms with Crippen molar-refractivity contribution in [3.05, 3.63) is 46.9 Å². The van der Waals surface area contributed by atoms with Gasteiger partial charge in [-0.05, 0) is 23.6 Å². The van der Waals surface area contributed by atoms with Crippen molar-refractivity contribution in [1.82, 2.24) is 15.6 Å².